The van der Waals surface area contributed by atoms with Gasteiger partial charge < -0.3 is 14.2 Å². The van der Waals surface area contributed by atoms with Crippen molar-refractivity contribution in [1.82, 2.24) is 4.90 Å². The van der Waals surface area contributed by atoms with Gasteiger partial charge in [-0.1, -0.05) is 63.7 Å². The summed E-state index contributed by atoms with van der Waals surface area (Å²) in [5.74, 6) is -0.00110. The zero-order valence-corrected chi connectivity index (χ0v) is 20.8. The lowest BCUT2D eigenvalue weighted by atomic mass is 9.93. The first kappa shape index (κ1) is 25.1. The first-order chi connectivity index (χ1) is 14.9. The third-order valence-electron chi connectivity index (χ3n) is 5.56. The van der Waals surface area contributed by atoms with Crippen molar-refractivity contribution in [3.63, 3.8) is 0 Å². The van der Waals surface area contributed by atoms with Crippen LogP contribution in [0.1, 0.15) is 45.6 Å². The highest BCUT2D eigenvalue weighted by molar-refractivity contribution is 6.56. The van der Waals surface area contributed by atoms with E-state index in [9.17, 15) is 9.59 Å². The quantitative estimate of drug-likeness (QED) is 0.273. The predicted octanol–water partition coefficient (Wildman–Crippen LogP) is 4.23. The molecular weight excluding hydrogens is 410 g/mol. The van der Waals surface area contributed by atoms with Gasteiger partial charge in [-0.15, -0.1) is 0 Å². The fourth-order valence-electron chi connectivity index (χ4n) is 3.95. The lowest BCUT2D eigenvalue weighted by Crippen LogP contribution is -2.60. The molecule has 6 nitrogen and oxygen atoms in total. The maximum atomic E-state index is 13.9. The second-order valence-electron chi connectivity index (χ2n) is 8.28. The van der Waals surface area contributed by atoms with Crippen molar-refractivity contribution in [1.29, 1.82) is 0 Å². The van der Waals surface area contributed by atoms with Crippen LogP contribution in [0, 0.1) is 0 Å². The Morgan fingerprint density at radius 1 is 1.19 bits per heavy atom. The first-order valence-corrected chi connectivity index (χ1v) is 14.5. The Balaban J connectivity index is 2.48. The van der Waals surface area contributed by atoms with Crippen molar-refractivity contribution in [3.8, 4) is 0 Å². The molecule has 1 aliphatic heterocycles. The van der Waals surface area contributed by atoms with E-state index in [2.05, 4.69) is 20.0 Å². The van der Waals surface area contributed by atoms with E-state index in [1.54, 1.807) is 4.90 Å². The third kappa shape index (κ3) is 5.98. The average molecular weight is 448 g/mol. The SMILES string of the molecule is CCCCOC(=O)C(CC)(C[SiH](C)C)N1COC(COCC)=C(c2ccccc2)C1=O. The molecule has 0 N–H and O–H groups in total. The monoisotopic (exact) mass is 447 g/mol. The highest BCUT2D eigenvalue weighted by Gasteiger charge is 2.49. The second-order valence-corrected chi connectivity index (χ2v) is 11.5. The zero-order chi connectivity index (χ0) is 22.9. The van der Waals surface area contributed by atoms with Gasteiger partial charge in [0.1, 0.15) is 17.9 Å². The van der Waals surface area contributed by atoms with Gasteiger partial charge in [-0.3, -0.25) is 9.69 Å². The fourth-order valence-corrected chi connectivity index (χ4v) is 5.97. The normalized spacial score (nSPS) is 16.3. The number of unbranched alkanes of at least 4 members (excludes halogenated alkanes) is 1. The van der Waals surface area contributed by atoms with E-state index in [1.807, 2.05) is 44.2 Å². The van der Waals surface area contributed by atoms with Crippen LogP contribution in [0.4, 0.5) is 0 Å². The summed E-state index contributed by atoms with van der Waals surface area (Å²) in [6.07, 6.45) is 2.24. The number of carbonyl (C=O) groups excluding carboxylic acids is 2. The van der Waals surface area contributed by atoms with E-state index in [4.69, 9.17) is 14.2 Å². The van der Waals surface area contributed by atoms with Gasteiger partial charge in [-0.25, -0.2) is 4.79 Å². The van der Waals surface area contributed by atoms with Crippen molar-refractivity contribution in [2.75, 3.05) is 26.6 Å². The molecule has 1 aromatic carbocycles. The summed E-state index contributed by atoms with van der Waals surface area (Å²) >= 11 is 0. The Bertz CT molecular complexity index is 764. The minimum absolute atomic E-state index is 0.0232. The minimum atomic E-state index is -1.23. The fraction of sp³-hybridized carbons (Fsp3) is 0.583. The van der Waals surface area contributed by atoms with E-state index in [-0.39, 0.29) is 25.2 Å². The van der Waals surface area contributed by atoms with Crippen molar-refractivity contribution in [2.45, 2.75) is 64.7 Å². The molecule has 1 unspecified atom stereocenters. The van der Waals surface area contributed by atoms with Crippen molar-refractivity contribution < 1.29 is 23.8 Å². The second kappa shape index (κ2) is 12.1. The number of benzene rings is 1. The summed E-state index contributed by atoms with van der Waals surface area (Å²) in [4.78, 5) is 28.8. The summed E-state index contributed by atoms with van der Waals surface area (Å²) in [5, 5.41) is 0. The van der Waals surface area contributed by atoms with Crippen LogP contribution in [-0.2, 0) is 23.8 Å². The minimum Gasteiger partial charge on any atom is -0.474 e. The molecule has 7 heteroatoms. The summed E-state index contributed by atoms with van der Waals surface area (Å²) in [5.41, 5.74) is 0.213. The van der Waals surface area contributed by atoms with Crippen LogP contribution >= 0.6 is 0 Å². The summed E-state index contributed by atoms with van der Waals surface area (Å²) in [7, 11) is -1.23. The lowest BCUT2D eigenvalue weighted by Gasteiger charge is -2.44. The van der Waals surface area contributed by atoms with Gasteiger partial charge in [-0.2, -0.15) is 0 Å². The Morgan fingerprint density at radius 3 is 2.48 bits per heavy atom. The molecule has 1 aromatic rings. The molecule has 0 radical (unpaired) electrons. The number of hydrogen-bond donors (Lipinski definition) is 0. The third-order valence-corrected chi connectivity index (χ3v) is 7.06. The van der Waals surface area contributed by atoms with Gasteiger partial charge in [0.25, 0.3) is 5.91 Å². The Kier molecular flexibility index (Phi) is 9.77. The molecule has 0 aromatic heterocycles. The molecule has 0 saturated heterocycles. The van der Waals surface area contributed by atoms with Crippen LogP contribution < -0.4 is 0 Å². The molecule has 0 spiro atoms. The predicted molar refractivity (Wildman–Crippen MR) is 125 cm³/mol. The number of carbonyl (C=O) groups is 2. The number of esters is 1. The van der Waals surface area contributed by atoms with E-state index < -0.39 is 14.3 Å². The standard InChI is InChI=1S/C24H37NO5Si/c1-6-9-15-29-23(27)24(7-2,17-31(4)5)25-18-30-20(16-28-8-3)21(22(25)26)19-13-11-10-12-14-19/h10-14,31H,6-9,15-18H2,1-5H3. The molecule has 0 fully saturated rings. The van der Waals surface area contributed by atoms with Crippen LogP contribution in [0.25, 0.3) is 5.57 Å². The number of rotatable bonds is 12. The largest absolute Gasteiger partial charge is 0.474 e. The first-order valence-electron chi connectivity index (χ1n) is 11.4. The lowest BCUT2D eigenvalue weighted by molar-refractivity contribution is -0.168. The topological polar surface area (TPSA) is 65.1 Å². The highest BCUT2D eigenvalue weighted by Crippen LogP contribution is 2.36. The van der Waals surface area contributed by atoms with Gasteiger partial charge in [0.15, 0.2) is 6.73 Å². The molecule has 1 atom stereocenters. The van der Waals surface area contributed by atoms with Gasteiger partial charge in [0, 0.05) is 15.4 Å². The van der Waals surface area contributed by atoms with Crippen molar-refractivity contribution in [3.05, 3.63) is 41.7 Å². The molecule has 0 aliphatic carbocycles. The highest BCUT2D eigenvalue weighted by atomic mass is 28.3. The maximum Gasteiger partial charge on any atom is 0.331 e. The Labute approximate surface area is 188 Å². The molecule has 31 heavy (non-hydrogen) atoms. The van der Waals surface area contributed by atoms with Gasteiger partial charge in [0.2, 0.25) is 0 Å². The van der Waals surface area contributed by atoms with Crippen LogP contribution in [0.5, 0.6) is 0 Å². The van der Waals surface area contributed by atoms with E-state index in [1.165, 1.54) is 0 Å². The molecule has 0 bridgehead atoms. The van der Waals surface area contributed by atoms with E-state index >= 15 is 0 Å². The zero-order valence-electron chi connectivity index (χ0n) is 19.6. The number of hydrogen-bond acceptors (Lipinski definition) is 5. The molecule has 1 heterocycles. The molecule has 2 rings (SSSR count). The van der Waals surface area contributed by atoms with Crippen LogP contribution in [0.15, 0.2) is 36.1 Å². The van der Waals surface area contributed by atoms with Crippen molar-refractivity contribution >= 4 is 26.2 Å². The molecule has 1 aliphatic rings. The molecule has 0 saturated carbocycles. The average Bonchev–Trinajstić information content (AvgIpc) is 2.76. The Hall–Kier alpha value is -2.12. The number of ether oxygens (including phenoxy) is 3. The summed E-state index contributed by atoms with van der Waals surface area (Å²) in [6, 6.07) is 10.1. The van der Waals surface area contributed by atoms with Crippen LogP contribution in [-0.4, -0.2) is 57.7 Å². The van der Waals surface area contributed by atoms with Crippen molar-refractivity contribution in [2.24, 2.45) is 0 Å². The Morgan fingerprint density at radius 2 is 1.90 bits per heavy atom. The smallest absolute Gasteiger partial charge is 0.331 e. The molecule has 172 valence electrons. The maximum absolute atomic E-state index is 13.9. The number of nitrogens with zero attached hydrogens (tertiary/aromatic N) is 1. The van der Waals surface area contributed by atoms with E-state index in [0.717, 1.165) is 18.4 Å². The van der Waals surface area contributed by atoms with Crippen LogP contribution in [0.2, 0.25) is 19.1 Å². The van der Waals surface area contributed by atoms with Gasteiger partial charge >= 0.3 is 5.97 Å². The summed E-state index contributed by atoms with van der Waals surface area (Å²) < 4.78 is 17.3. The number of amides is 1. The molecular formula is C24H37NO5Si. The van der Waals surface area contributed by atoms with Gasteiger partial charge in [0.05, 0.1) is 12.2 Å². The van der Waals surface area contributed by atoms with Gasteiger partial charge in [-0.05, 0) is 31.4 Å². The van der Waals surface area contributed by atoms with E-state index in [0.29, 0.717) is 37.0 Å². The summed E-state index contributed by atoms with van der Waals surface area (Å²) in [6.45, 7) is 11.4. The molecule has 1 amide bonds. The van der Waals surface area contributed by atoms with Crippen LogP contribution in [0.3, 0.4) is 0 Å².